The summed E-state index contributed by atoms with van der Waals surface area (Å²) in [4.78, 5) is 38.4. The quantitative estimate of drug-likeness (QED) is 0.351. The lowest BCUT2D eigenvalue weighted by Gasteiger charge is -2.24. The van der Waals surface area contributed by atoms with E-state index < -0.39 is 11.2 Å². The van der Waals surface area contributed by atoms with Crippen LogP contribution >= 0.6 is 0 Å². The lowest BCUT2D eigenvalue weighted by atomic mass is 9.97. The second-order valence-corrected chi connectivity index (χ2v) is 5.78. The lowest BCUT2D eigenvalue weighted by Crippen LogP contribution is -2.28. The Bertz CT molecular complexity index is 688. The van der Waals surface area contributed by atoms with Crippen molar-refractivity contribution in [1.29, 1.82) is 0 Å². The first kappa shape index (κ1) is 19.6. The van der Waals surface area contributed by atoms with Gasteiger partial charge in [-0.3, -0.25) is 9.59 Å². The van der Waals surface area contributed by atoms with Crippen LogP contribution < -0.4 is 9.47 Å². The van der Waals surface area contributed by atoms with Gasteiger partial charge in [0.25, 0.3) is 5.09 Å². The summed E-state index contributed by atoms with van der Waals surface area (Å²) in [7, 11) is 1.47. The first-order chi connectivity index (χ1) is 12.4. The highest BCUT2D eigenvalue weighted by Gasteiger charge is 2.29. The number of benzene rings is 1. The van der Waals surface area contributed by atoms with Gasteiger partial charge >= 0.3 is 0 Å². The van der Waals surface area contributed by atoms with Gasteiger partial charge in [0.15, 0.2) is 23.1 Å². The molecule has 0 aliphatic carbocycles. The third-order valence-corrected chi connectivity index (χ3v) is 3.98. The van der Waals surface area contributed by atoms with Crippen LogP contribution in [0.4, 0.5) is 0 Å². The zero-order valence-corrected chi connectivity index (χ0v) is 14.7. The summed E-state index contributed by atoms with van der Waals surface area (Å²) in [6.07, 6.45) is 0.549. The molecule has 0 amide bonds. The summed E-state index contributed by atoms with van der Waals surface area (Å²) in [6, 6.07) is 3.29. The van der Waals surface area contributed by atoms with Crippen LogP contribution in [0, 0.1) is 10.1 Å². The molecule has 0 spiro atoms. The zero-order valence-electron chi connectivity index (χ0n) is 14.7. The van der Waals surface area contributed by atoms with Crippen LogP contribution in [-0.4, -0.2) is 43.1 Å². The van der Waals surface area contributed by atoms with Crippen LogP contribution in [0.2, 0.25) is 0 Å². The van der Waals surface area contributed by atoms with Crippen molar-refractivity contribution < 1.29 is 33.7 Å². The number of methoxy groups -OCH3 is 1. The van der Waals surface area contributed by atoms with Crippen molar-refractivity contribution in [2.45, 2.75) is 38.9 Å². The molecule has 0 fully saturated rings. The highest BCUT2D eigenvalue weighted by molar-refractivity contribution is 6.02. The van der Waals surface area contributed by atoms with E-state index in [1.54, 1.807) is 19.1 Å². The van der Waals surface area contributed by atoms with Crippen molar-refractivity contribution >= 4 is 11.6 Å². The number of ketones is 2. The Morgan fingerprint density at radius 1 is 1.38 bits per heavy atom. The summed E-state index contributed by atoms with van der Waals surface area (Å²) in [5, 5.41) is 9.17. The highest BCUT2D eigenvalue weighted by Crippen LogP contribution is 2.37. The van der Waals surface area contributed by atoms with Crippen molar-refractivity contribution in [3.63, 3.8) is 0 Å². The van der Waals surface area contributed by atoms with Crippen LogP contribution in [0.5, 0.6) is 11.5 Å². The Morgan fingerprint density at radius 3 is 2.85 bits per heavy atom. The van der Waals surface area contributed by atoms with Crippen LogP contribution in [0.3, 0.4) is 0 Å². The van der Waals surface area contributed by atoms with E-state index in [1.165, 1.54) is 7.11 Å². The van der Waals surface area contributed by atoms with Gasteiger partial charge < -0.3 is 19.0 Å². The molecule has 2 rings (SSSR count). The third kappa shape index (κ3) is 4.92. The number of carbonyl (C=O) groups excluding carboxylic acids is 2. The molecular formula is C17H21NO8. The molecule has 9 nitrogen and oxygen atoms in total. The SMILES string of the molecule is COc1ccc2c(c1OCC(=O)CCCCO[N+](=O)[O-])COC(C)C2=O. The van der Waals surface area contributed by atoms with Gasteiger partial charge in [-0.2, -0.15) is 0 Å². The molecule has 9 heteroatoms. The summed E-state index contributed by atoms with van der Waals surface area (Å²) in [5.41, 5.74) is 1.07. The van der Waals surface area contributed by atoms with Crippen molar-refractivity contribution in [3.8, 4) is 11.5 Å². The number of carbonyl (C=O) groups is 2. The minimum atomic E-state index is -0.861. The fourth-order valence-electron chi connectivity index (χ4n) is 2.59. The molecule has 1 aliphatic rings. The number of rotatable bonds is 10. The molecule has 1 aliphatic heterocycles. The van der Waals surface area contributed by atoms with Crippen LogP contribution in [0.15, 0.2) is 12.1 Å². The van der Waals surface area contributed by atoms with Gasteiger partial charge in [-0.25, -0.2) is 0 Å². The van der Waals surface area contributed by atoms with E-state index in [0.717, 1.165) is 0 Å². The van der Waals surface area contributed by atoms with E-state index in [4.69, 9.17) is 14.2 Å². The van der Waals surface area contributed by atoms with Crippen molar-refractivity contribution in [3.05, 3.63) is 33.4 Å². The number of nitrogens with zero attached hydrogens (tertiary/aromatic N) is 1. The normalized spacial score (nSPS) is 15.9. The van der Waals surface area contributed by atoms with Crippen LogP contribution in [0.1, 0.15) is 42.1 Å². The first-order valence-electron chi connectivity index (χ1n) is 8.21. The molecule has 0 saturated heterocycles. The van der Waals surface area contributed by atoms with Gasteiger partial charge in [0.1, 0.15) is 12.7 Å². The fraction of sp³-hybridized carbons (Fsp3) is 0.529. The van der Waals surface area contributed by atoms with Crippen molar-refractivity contribution in [1.82, 2.24) is 0 Å². The topological polar surface area (TPSA) is 114 Å². The Balaban J connectivity index is 1.95. The van der Waals surface area contributed by atoms with Crippen LogP contribution in [0.25, 0.3) is 0 Å². The third-order valence-electron chi connectivity index (χ3n) is 3.98. The highest BCUT2D eigenvalue weighted by atomic mass is 16.9. The summed E-state index contributed by atoms with van der Waals surface area (Å²) in [6.45, 7) is 1.65. The number of fused-ring (bicyclic) bond motifs is 1. The van der Waals surface area contributed by atoms with Gasteiger partial charge in [-0.05, 0) is 31.9 Å². The molecule has 0 bridgehead atoms. The van der Waals surface area contributed by atoms with E-state index in [1.807, 2.05) is 0 Å². The zero-order chi connectivity index (χ0) is 19.1. The standard InChI is InChI=1S/C17H21NO8/c1-11-16(20)13-6-7-15(23-2)17(14(13)10-24-11)25-9-12(19)5-3-4-8-26-18(21)22/h6-7,11H,3-5,8-10H2,1-2H3. The summed E-state index contributed by atoms with van der Waals surface area (Å²) in [5.74, 6) is 0.440. The van der Waals surface area contributed by atoms with E-state index in [-0.39, 0.29) is 37.8 Å². The maximum atomic E-state index is 12.2. The van der Waals surface area contributed by atoms with Crippen molar-refractivity contribution in [2.24, 2.45) is 0 Å². The van der Waals surface area contributed by atoms with Crippen LogP contribution in [-0.2, 0) is 21.0 Å². The fourth-order valence-corrected chi connectivity index (χ4v) is 2.59. The largest absolute Gasteiger partial charge is 0.493 e. The maximum absolute atomic E-state index is 12.2. The Labute approximate surface area is 150 Å². The number of hydrogen-bond donors (Lipinski definition) is 0. The number of ether oxygens (including phenoxy) is 3. The molecule has 0 aromatic heterocycles. The Morgan fingerprint density at radius 2 is 2.15 bits per heavy atom. The average molecular weight is 367 g/mol. The average Bonchev–Trinajstić information content (AvgIpc) is 2.62. The number of Topliss-reactive ketones (excluding diaryl/α,β-unsaturated/α-hetero) is 2. The molecule has 1 heterocycles. The van der Waals surface area contributed by atoms with E-state index in [0.29, 0.717) is 35.5 Å². The lowest BCUT2D eigenvalue weighted by molar-refractivity contribution is -0.757. The molecule has 1 atom stereocenters. The number of unbranched alkanes of at least 4 members (excludes halogenated alkanes) is 1. The van der Waals surface area contributed by atoms with Gasteiger partial charge in [-0.15, -0.1) is 10.1 Å². The summed E-state index contributed by atoms with van der Waals surface area (Å²) < 4.78 is 16.3. The smallest absolute Gasteiger partial charge is 0.294 e. The molecule has 26 heavy (non-hydrogen) atoms. The molecule has 1 unspecified atom stereocenters. The summed E-state index contributed by atoms with van der Waals surface area (Å²) >= 11 is 0. The maximum Gasteiger partial charge on any atom is 0.294 e. The molecule has 1 aromatic carbocycles. The van der Waals surface area contributed by atoms with Gasteiger partial charge in [0.2, 0.25) is 0 Å². The Hall–Kier alpha value is -2.68. The van der Waals surface area contributed by atoms with E-state index in [9.17, 15) is 19.7 Å². The molecule has 0 saturated carbocycles. The van der Waals surface area contributed by atoms with Crippen molar-refractivity contribution in [2.75, 3.05) is 20.3 Å². The minimum absolute atomic E-state index is 0.0429. The first-order valence-corrected chi connectivity index (χ1v) is 8.21. The van der Waals surface area contributed by atoms with Gasteiger partial charge in [-0.1, -0.05) is 0 Å². The minimum Gasteiger partial charge on any atom is -0.493 e. The Kier molecular flexibility index (Phi) is 6.90. The predicted molar refractivity (Wildman–Crippen MR) is 88.9 cm³/mol. The predicted octanol–water partition coefficient (Wildman–Crippen LogP) is 2.12. The second kappa shape index (κ2) is 9.14. The van der Waals surface area contributed by atoms with E-state index in [2.05, 4.69) is 4.84 Å². The van der Waals surface area contributed by atoms with Gasteiger partial charge in [0.05, 0.1) is 20.3 Å². The molecule has 0 radical (unpaired) electrons. The second-order valence-electron chi connectivity index (χ2n) is 5.78. The molecule has 142 valence electrons. The van der Waals surface area contributed by atoms with E-state index >= 15 is 0 Å². The molecule has 0 N–H and O–H groups in total. The molecule has 1 aromatic rings. The molecular weight excluding hydrogens is 346 g/mol. The monoisotopic (exact) mass is 367 g/mol. The van der Waals surface area contributed by atoms with Gasteiger partial charge in [0, 0.05) is 17.5 Å². The number of hydrogen-bond acceptors (Lipinski definition) is 8.